The van der Waals surface area contributed by atoms with Gasteiger partial charge in [0.25, 0.3) is 0 Å². The van der Waals surface area contributed by atoms with E-state index in [1.54, 1.807) is 0 Å². The van der Waals surface area contributed by atoms with Crippen LogP contribution in [0.3, 0.4) is 0 Å². The Hall–Kier alpha value is -0.0500. The first-order chi connectivity index (χ1) is 7.42. The lowest BCUT2D eigenvalue weighted by Crippen LogP contribution is -2.41. The number of nitrogens with zero attached hydrogens (tertiary/aromatic N) is 1. The summed E-state index contributed by atoms with van der Waals surface area (Å²) in [5.41, 5.74) is 0.274. The Bertz CT molecular complexity index is 280. The summed E-state index contributed by atoms with van der Waals surface area (Å²) in [6.07, 6.45) is 3.40. The van der Waals surface area contributed by atoms with Crippen LogP contribution in [0, 0.1) is 17.3 Å². The van der Waals surface area contributed by atoms with Crippen LogP contribution in [0.4, 0.5) is 0 Å². The lowest BCUT2D eigenvalue weighted by molar-refractivity contribution is -0.134. The van der Waals surface area contributed by atoms with Gasteiger partial charge in [0.2, 0.25) is 5.91 Å². The highest BCUT2D eigenvalue weighted by Gasteiger charge is 2.52. The minimum absolute atomic E-state index is 0.274. The largest absolute Gasteiger partial charge is 0.342 e. The number of rotatable bonds is 2. The van der Waals surface area contributed by atoms with Crippen LogP contribution in [-0.4, -0.2) is 28.7 Å². The number of halogens is 1. The molecule has 0 aromatic carbocycles. The first-order valence-electron chi connectivity index (χ1n) is 6.34. The Morgan fingerprint density at radius 3 is 2.25 bits per heavy atom. The van der Waals surface area contributed by atoms with Gasteiger partial charge in [-0.05, 0) is 30.6 Å². The molecule has 3 heteroatoms. The van der Waals surface area contributed by atoms with Crippen molar-refractivity contribution < 1.29 is 4.79 Å². The average Bonchev–Trinajstić information content (AvgIpc) is 2.87. The molecule has 1 aliphatic heterocycles. The summed E-state index contributed by atoms with van der Waals surface area (Å²) in [6.45, 7) is 8.54. The highest BCUT2D eigenvalue weighted by Crippen LogP contribution is 2.52. The molecule has 0 aromatic heterocycles. The van der Waals surface area contributed by atoms with Gasteiger partial charge in [0, 0.05) is 23.8 Å². The van der Waals surface area contributed by atoms with E-state index in [0.717, 1.165) is 38.3 Å². The molecule has 2 unspecified atom stereocenters. The van der Waals surface area contributed by atoms with E-state index in [2.05, 4.69) is 41.6 Å². The van der Waals surface area contributed by atoms with E-state index in [1.165, 1.54) is 0 Å². The number of likely N-dealkylation sites (tertiary alicyclic amines) is 1. The fraction of sp³-hybridized carbons (Fsp3) is 0.923. The molecule has 1 saturated heterocycles. The van der Waals surface area contributed by atoms with Crippen LogP contribution in [-0.2, 0) is 4.79 Å². The normalized spacial score (nSPS) is 31.2. The molecule has 1 saturated carbocycles. The van der Waals surface area contributed by atoms with Gasteiger partial charge in [0.15, 0.2) is 0 Å². The summed E-state index contributed by atoms with van der Waals surface area (Å²) in [5.74, 6) is 1.47. The second-order valence-corrected chi connectivity index (χ2v) is 7.53. The smallest absolute Gasteiger partial charge is 0.226 e. The standard InChI is InChI=1S/C13H22BrNO/c1-9(14)10-4-6-15(7-5-10)12(16)11-8-13(11,2)3/h9-11H,4-8H2,1-3H3. The Morgan fingerprint density at radius 1 is 1.38 bits per heavy atom. The molecule has 2 rings (SSSR count). The molecule has 1 amide bonds. The lowest BCUT2D eigenvalue weighted by atomic mass is 9.94. The summed E-state index contributed by atoms with van der Waals surface area (Å²) < 4.78 is 0. The summed E-state index contributed by atoms with van der Waals surface area (Å²) >= 11 is 3.65. The molecule has 0 bridgehead atoms. The first-order valence-corrected chi connectivity index (χ1v) is 7.26. The van der Waals surface area contributed by atoms with Crippen LogP contribution >= 0.6 is 15.9 Å². The van der Waals surface area contributed by atoms with Crippen molar-refractivity contribution >= 4 is 21.8 Å². The first kappa shape index (κ1) is 12.4. The van der Waals surface area contributed by atoms with Crippen molar-refractivity contribution in [2.24, 2.45) is 17.3 Å². The third-order valence-corrected chi connectivity index (χ3v) is 5.06. The van der Waals surface area contributed by atoms with Crippen LogP contribution in [0.2, 0.25) is 0 Å². The van der Waals surface area contributed by atoms with E-state index in [1.807, 2.05) is 0 Å². The maximum atomic E-state index is 12.2. The second-order valence-electron chi connectivity index (χ2n) is 6.09. The van der Waals surface area contributed by atoms with Gasteiger partial charge in [-0.15, -0.1) is 0 Å². The second kappa shape index (κ2) is 4.32. The monoisotopic (exact) mass is 287 g/mol. The lowest BCUT2D eigenvalue weighted by Gasteiger charge is -2.33. The highest BCUT2D eigenvalue weighted by molar-refractivity contribution is 9.09. The zero-order valence-corrected chi connectivity index (χ0v) is 12.1. The van der Waals surface area contributed by atoms with Gasteiger partial charge in [-0.25, -0.2) is 0 Å². The van der Waals surface area contributed by atoms with Crippen LogP contribution < -0.4 is 0 Å². The maximum Gasteiger partial charge on any atom is 0.226 e. The van der Waals surface area contributed by atoms with Crippen LogP contribution in [0.25, 0.3) is 0 Å². The van der Waals surface area contributed by atoms with Gasteiger partial charge >= 0.3 is 0 Å². The third kappa shape index (κ3) is 2.44. The quantitative estimate of drug-likeness (QED) is 0.715. The van der Waals surface area contributed by atoms with Crippen LogP contribution in [0.15, 0.2) is 0 Å². The predicted molar refractivity (Wildman–Crippen MR) is 69.6 cm³/mol. The van der Waals surface area contributed by atoms with Gasteiger partial charge in [0.05, 0.1) is 0 Å². The minimum atomic E-state index is 0.274. The number of alkyl halides is 1. The summed E-state index contributed by atoms with van der Waals surface area (Å²) in [4.78, 5) is 14.8. The number of amides is 1. The van der Waals surface area contributed by atoms with Gasteiger partial charge in [0.1, 0.15) is 0 Å². The van der Waals surface area contributed by atoms with E-state index in [-0.39, 0.29) is 5.41 Å². The molecule has 1 heterocycles. The van der Waals surface area contributed by atoms with Crippen molar-refractivity contribution in [1.82, 2.24) is 4.90 Å². The van der Waals surface area contributed by atoms with E-state index < -0.39 is 0 Å². The van der Waals surface area contributed by atoms with E-state index in [4.69, 9.17) is 0 Å². The predicted octanol–water partition coefficient (Wildman–Crippen LogP) is 3.05. The molecule has 2 aliphatic rings. The van der Waals surface area contributed by atoms with Crippen molar-refractivity contribution in [3.63, 3.8) is 0 Å². The molecular weight excluding hydrogens is 266 g/mol. The fourth-order valence-corrected chi connectivity index (χ4v) is 3.22. The van der Waals surface area contributed by atoms with Crippen molar-refractivity contribution in [2.45, 2.75) is 44.9 Å². The number of hydrogen-bond acceptors (Lipinski definition) is 1. The molecule has 1 aliphatic carbocycles. The SMILES string of the molecule is CC(Br)C1CCN(C(=O)C2CC2(C)C)CC1. The highest BCUT2D eigenvalue weighted by atomic mass is 79.9. The molecule has 0 spiro atoms. The minimum Gasteiger partial charge on any atom is -0.342 e. The zero-order chi connectivity index (χ0) is 11.9. The number of piperidine rings is 1. The van der Waals surface area contributed by atoms with Crippen LogP contribution in [0.5, 0.6) is 0 Å². The molecule has 0 aromatic rings. The zero-order valence-electron chi connectivity index (χ0n) is 10.5. The molecule has 0 N–H and O–H groups in total. The van der Waals surface area contributed by atoms with Crippen molar-refractivity contribution in [3.05, 3.63) is 0 Å². The summed E-state index contributed by atoms with van der Waals surface area (Å²) in [7, 11) is 0. The molecule has 16 heavy (non-hydrogen) atoms. The van der Waals surface area contributed by atoms with Crippen molar-refractivity contribution in [1.29, 1.82) is 0 Å². The number of carbonyl (C=O) groups excluding carboxylic acids is 1. The van der Waals surface area contributed by atoms with E-state index in [9.17, 15) is 4.79 Å². The number of hydrogen-bond donors (Lipinski definition) is 0. The van der Waals surface area contributed by atoms with Crippen molar-refractivity contribution in [3.8, 4) is 0 Å². The third-order valence-electron chi connectivity index (χ3n) is 4.31. The molecule has 0 radical (unpaired) electrons. The summed E-state index contributed by atoms with van der Waals surface area (Å²) in [6, 6.07) is 0. The molecule has 92 valence electrons. The van der Waals surface area contributed by atoms with Crippen LogP contribution in [0.1, 0.15) is 40.0 Å². The summed E-state index contributed by atoms with van der Waals surface area (Å²) in [5, 5.41) is 0. The average molecular weight is 288 g/mol. The fourth-order valence-electron chi connectivity index (χ4n) is 2.69. The van der Waals surface area contributed by atoms with Gasteiger partial charge in [-0.1, -0.05) is 36.7 Å². The molecule has 2 nitrogen and oxygen atoms in total. The van der Waals surface area contributed by atoms with Gasteiger partial charge < -0.3 is 4.90 Å². The Morgan fingerprint density at radius 2 is 1.88 bits per heavy atom. The molecule has 2 atom stereocenters. The number of carbonyl (C=O) groups is 1. The van der Waals surface area contributed by atoms with Gasteiger partial charge in [-0.2, -0.15) is 0 Å². The Balaban J connectivity index is 1.83. The molecule has 2 fully saturated rings. The van der Waals surface area contributed by atoms with E-state index >= 15 is 0 Å². The van der Waals surface area contributed by atoms with Crippen molar-refractivity contribution in [2.75, 3.05) is 13.1 Å². The Kier molecular flexibility index (Phi) is 3.35. The maximum absolute atomic E-state index is 12.2. The van der Waals surface area contributed by atoms with E-state index in [0.29, 0.717) is 16.7 Å². The molecular formula is C13H22BrNO. The Labute approximate surface area is 107 Å². The van der Waals surface area contributed by atoms with Gasteiger partial charge in [-0.3, -0.25) is 4.79 Å². The topological polar surface area (TPSA) is 20.3 Å².